The lowest BCUT2D eigenvalue weighted by Gasteiger charge is -2.47. The average molecular weight is 923 g/mol. The first kappa shape index (κ1) is 43.9. The Kier molecular flexibility index (Phi) is 8.83. The number of thiophene rings is 1. The molecule has 3 heterocycles. The highest BCUT2D eigenvalue weighted by Crippen LogP contribution is 2.62. The van der Waals surface area contributed by atoms with Crippen molar-refractivity contribution < 1.29 is 0 Å². The molecule has 0 saturated heterocycles. The molecule has 0 spiro atoms. The smallest absolute Gasteiger partial charge is 0.254 e. The third kappa shape index (κ3) is 6.15. The standard InChI is InChI=1S/C65H71BN2S/c1-59(2,3)41-19-21-42(22-20-41)67-52-36-48-47(62(8,9)27-28-63(48,10)11)35-51(52)66-56-44-34-49-50(65(13)30-29-64(49,12)38-65)37-55(44)69-58(56)68(43-23-24-45-46(33-43)61(6,7)26-25-60(45,4)5)54-32-40(31-53(67)57(54)66)39-17-15-14-16-18-39/h14-24,31-37H,25-30,38H2,1-13H3. The van der Waals surface area contributed by atoms with E-state index in [9.17, 15) is 0 Å². The zero-order chi connectivity index (χ0) is 48.2. The van der Waals surface area contributed by atoms with Gasteiger partial charge in [0.05, 0.1) is 5.00 Å². The third-order valence-corrected chi connectivity index (χ3v) is 20.5. The first-order valence-electron chi connectivity index (χ1n) is 26.4. The molecule has 6 aliphatic rings. The van der Waals surface area contributed by atoms with E-state index < -0.39 is 0 Å². The first-order valence-corrected chi connectivity index (χ1v) is 27.2. The van der Waals surface area contributed by atoms with Crippen LogP contribution in [0.4, 0.5) is 33.4 Å². The van der Waals surface area contributed by atoms with Gasteiger partial charge in [-0.15, -0.1) is 11.3 Å². The SMILES string of the molecule is CC(C)(C)c1ccc(N2c3cc4c(cc3B3c5c2cc(-c2ccccc2)cc5N(c2ccc5c(c2)C(C)(C)CCC5(C)C)c2sc5cc6c(cc5c23)C2(C)CCC6(C)C2)C(C)(C)CCC4(C)C)cc1. The quantitative estimate of drug-likeness (QED) is 0.163. The zero-order valence-corrected chi connectivity index (χ0v) is 44.5. The molecular formula is C65H71BN2S. The van der Waals surface area contributed by atoms with Crippen LogP contribution < -0.4 is 26.2 Å². The number of benzene rings is 6. The van der Waals surface area contributed by atoms with Crippen molar-refractivity contribution in [3.63, 3.8) is 0 Å². The fraction of sp³-hybridized carbons (Fsp3) is 0.415. The summed E-state index contributed by atoms with van der Waals surface area (Å²) in [6.45, 7) is 32.1. The van der Waals surface area contributed by atoms with E-state index in [4.69, 9.17) is 0 Å². The van der Waals surface area contributed by atoms with Crippen LogP contribution in [-0.2, 0) is 37.9 Å². The molecule has 0 N–H and O–H groups in total. The van der Waals surface area contributed by atoms with Crippen LogP contribution in [0.1, 0.15) is 174 Å². The van der Waals surface area contributed by atoms with Crippen LogP contribution in [0.25, 0.3) is 21.2 Å². The zero-order valence-electron chi connectivity index (χ0n) is 43.7. The molecule has 0 amide bonds. The van der Waals surface area contributed by atoms with Gasteiger partial charge in [-0.2, -0.15) is 0 Å². The van der Waals surface area contributed by atoms with Crippen molar-refractivity contribution in [2.75, 3.05) is 9.80 Å². The molecule has 1 fully saturated rings. The number of hydrogen-bond donors (Lipinski definition) is 0. The lowest BCUT2D eigenvalue weighted by atomic mass is 9.33. The number of rotatable bonds is 3. The Labute approximate surface area is 417 Å². The van der Waals surface area contributed by atoms with Crippen molar-refractivity contribution in [3.05, 3.63) is 148 Å². The van der Waals surface area contributed by atoms with Gasteiger partial charge in [0.15, 0.2) is 0 Å². The molecule has 0 radical (unpaired) electrons. The van der Waals surface area contributed by atoms with Gasteiger partial charge in [0.25, 0.3) is 6.71 Å². The largest absolute Gasteiger partial charge is 0.311 e. The van der Waals surface area contributed by atoms with E-state index in [-0.39, 0.29) is 44.6 Å². The van der Waals surface area contributed by atoms with E-state index in [1.54, 1.807) is 11.1 Å². The molecule has 2 aliphatic heterocycles. The fourth-order valence-electron chi connectivity index (χ4n) is 14.8. The Balaban J connectivity index is 1.18. The molecule has 4 aliphatic carbocycles. The predicted molar refractivity (Wildman–Crippen MR) is 299 cm³/mol. The second-order valence-electron chi connectivity index (χ2n) is 26.9. The monoisotopic (exact) mass is 923 g/mol. The molecule has 2 atom stereocenters. The molecular weight excluding hydrogens is 852 g/mol. The number of fused-ring (bicyclic) bond motifs is 13. The Hall–Kier alpha value is -5.06. The summed E-state index contributed by atoms with van der Waals surface area (Å²) in [5, 5.41) is 2.86. The van der Waals surface area contributed by atoms with Gasteiger partial charge in [-0.25, -0.2) is 0 Å². The van der Waals surface area contributed by atoms with Crippen molar-refractivity contribution >= 4 is 78.0 Å². The minimum atomic E-state index is 0.0498. The highest BCUT2D eigenvalue weighted by atomic mass is 32.1. The van der Waals surface area contributed by atoms with E-state index in [0.29, 0.717) is 0 Å². The van der Waals surface area contributed by atoms with Crippen LogP contribution in [0.5, 0.6) is 0 Å². The summed E-state index contributed by atoms with van der Waals surface area (Å²) in [6.07, 6.45) is 8.60. The van der Waals surface area contributed by atoms with Gasteiger partial charge in [-0.1, -0.05) is 145 Å². The average Bonchev–Trinajstić information content (AvgIpc) is 3.92. The normalized spacial score (nSPS) is 23.8. The molecule has 350 valence electrons. The van der Waals surface area contributed by atoms with Gasteiger partial charge in [0.2, 0.25) is 0 Å². The molecule has 2 unspecified atom stereocenters. The second kappa shape index (κ2) is 13.9. The van der Waals surface area contributed by atoms with Crippen LogP contribution in [0.15, 0.2) is 109 Å². The van der Waals surface area contributed by atoms with Gasteiger partial charge in [0, 0.05) is 33.1 Å². The fourth-order valence-corrected chi connectivity index (χ4v) is 16.1. The van der Waals surface area contributed by atoms with Crippen LogP contribution >= 0.6 is 11.3 Å². The third-order valence-electron chi connectivity index (χ3n) is 19.3. The molecule has 1 saturated carbocycles. The van der Waals surface area contributed by atoms with E-state index in [1.165, 1.54) is 144 Å². The van der Waals surface area contributed by atoms with E-state index >= 15 is 0 Å². The van der Waals surface area contributed by atoms with Gasteiger partial charge in [-0.3, -0.25) is 0 Å². The summed E-state index contributed by atoms with van der Waals surface area (Å²) >= 11 is 2.06. The first-order chi connectivity index (χ1) is 32.5. The molecule has 69 heavy (non-hydrogen) atoms. The van der Waals surface area contributed by atoms with Crippen LogP contribution in [0, 0.1) is 0 Å². The number of anilines is 6. The highest BCUT2D eigenvalue weighted by molar-refractivity contribution is 7.26. The molecule has 6 aromatic carbocycles. The van der Waals surface area contributed by atoms with Crippen molar-refractivity contribution in [1.82, 2.24) is 0 Å². The Morgan fingerprint density at radius 2 is 1.01 bits per heavy atom. The molecule has 1 aromatic heterocycles. The summed E-state index contributed by atoms with van der Waals surface area (Å²) in [6, 6.07) is 44.4. The minimum absolute atomic E-state index is 0.0498. The van der Waals surface area contributed by atoms with Crippen LogP contribution in [-0.4, -0.2) is 6.71 Å². The Morgan fingerprint density at radius 3 is 1.64 bits per heavy atom. The summed E-state index contributed by atoms with van der Waals surface area (Å²) in [5.41, 5.74) is 24.9. The van der Waals surface area contributed by atoms with Gasteiger partial charge in [0.1, 0.15) is 0 Å². The topological polar surface area (TPSA) is 6.48 Å². The maximum absolute atomic E-state index is 2.75. The van der Waals surface area contributed by atoms with Crippen molar-refractivity contribution in [1.29, 1.82) is 0 Å². The minimum Gasteiger partial charge on any atom is -0.311 e. The molecule has 13 rings (SSSR count). The molecule has 4 heteroatoms. The lowest BCUT2D eigenvalue weighted by molar-refractivity contribution is 0.332. The van der Waals surface area contributed by atoms with Crippen molar-refractivity contribution in [2.45, 2.75) is 173 Å². The summed E-state index contributed by atoms with van der Waals surface area (Å²) in [4.78, 5) is 5.44. The summed E-state index contributed by atoms with van der Waals surface area (Å²) in [7, 11) is 0. The summed E-state index contributed by atoms with van der Waals surface area (Å²) < 4.78 is 1.44. The molecule has 2 nitrogen and oxygen atoms in total. The highest BCUT2D eigenvalue weighted by Gasteiger charge is 2.54. The molecule has 2 bridgehead atoms. The second-order valence-corrected chi connectivity index (χ2v) is 28.0. The summed E-state index contributed by atoms with van der Waals surface area (Å²) in [5.74, 6) is 0. The van der Waals surface area contributed by atoms with Crippen molar-refractivity contribution in [3.8, 4) is 11.1 Å². The van der Waals surface area contributed by atoms with Crippen molar-refractivity contribution in [2.24, 2.45) is 0 Å². The maximum Gasteiger partial charge on any atom is 0.254 e. The van der Waals surface area contributed by atoms with Gasteiger partial charge >= 0.3 is 0 Å². The maximum atomic E-state index is 2.75. The number of nitrogens with zero attached hydrogens (tertiary/aromatic N) is 2. The van der Waals surface area contributed by atoms with E-state index in [2.05, 4.69) is 220 Å². The van der Waals surface area contributed by atoms with Gasteiger partial charge in [-0.05, 0) is 209 Å². The molecule has 7 aromatic rings. The Morgan fingerprint density at radius 1 is 0.464 bits per heavy atom. The number of hydrogen-bond acceptors (Lipinski definition) is 3. The van der Waals surface area contributed by atoms with Crippen LogP contribution in [0.3, 0.4) is 0 Å². The van der Waals surface area contributed by atoms with E-state index in [1.807, 2.05) is 0 Å². The van der Waals surface area contributed by atoms with Crippen LogP contribution in [0.2, 0.25) is 0 Å². The predicted octanol–water partition coefficient (Wildman–Crippen LogP) is 16.4. The van der Waals surface area contributed by atoms with E-state index in [0.717, 1.165) is 0 Å². The van der Waals surface area contributed by atoms with Gasteiger partial charge < -0.3 is 9.80 Å². The lowest BCUT2D eigenvalue weighted by Crippen LogP contribution is -2.61. The Bertz CT molecular complexity index is 3340.